The molecule has 0 spiro atoms. The topological polar surface area (TPSA) is 66.2 Å². The van der Waals surface area contributed by atoms with E-state index in [-0.39, 0.29) is 0 Å². The Labute approximate surface area is 91.9 Å². The van der Waals surface area contributed by atoms with Gasteiger partial charge in [0.1, 0.15) is 5.54 Å². The van der Waals surface area contributed by atoms with E-state index in [1.165, 1.54) is 29.5 Å². The van der Waals surface area contributed by atoms with Crippen molar-refractivity contribution in [3.8, 4) is 11.1 Å². The number of ether oxygens (including phenoxy) is 1. The highest BCUT2D eigenvalue weighted by molar-refractivity contribution is 7.11. The van der Waals surface area contributed by atoms with Crippen LogP contribution >= 0.6 is 11.3 Å². The maximum Gasteiger partial charge on any atom is 0.417 e. The number of thiazole rings is 1. The van der Waals surface area contributed by atoms with E-state index in [4.69, 9.17) is 10.00 Å². The number of rotatable bonds is 2. The Morgan fingerprint density at radius 3 is 2.87 bits per heavy atom. The molecule has 0 unspecified atom stereocenters. The number of amides is 1. The van der Waals surface area contributed by atoms with Crippen LogP contribution in [-0.2, 0) is 0 Å². The molecule has 0 saturated heterocycles. The minimum atomic E-state index is -0.887. The number of carbonyl (C=O) groups excluding carboxylic acids is 1. The molecular weight excluding hydrogens is 214 g/mol. The number of carbonyl (C=O) groups is 1. The van der Waals surface area contributed by atoms with Crippen molar-refractivity contribution < 1.29 is 9.53 Å². The summed E-state index contributed by atoms with van der Waals surface area (Å²) in [5.74, 6) is 0. The lowest BCUT2D eigenvalue weighted by Crippen LogP contribution is -2.45. The fourth-order valence-electron chi connectivity index (χ4n) is 0.712. The van der Waals surface area contributed by atoms with E-state index >= 15 is 0 Å². The average molecular weight is 225 g/mol. The Morgan fingerprint density at radius 1 is 1.73 bits per heavy atom. The summed E-state index contributed by atoms with van der Waals surface area (Å²) in [6.45, 7) is 3.28. The smallest absolute Gasteiger partial charge is 0.397 e. The first-order valence-corrected chi connectivity index (χ1v) is 5.10. The Morgan fingerprint density at radius 2 is 2.40 bits per heavy atom. The van der Waals surface area contributed by atoms with Crippen LogP contribution in [0.15, 0.2) is 11.7 Å². The molecule has 1 aromatic rings. The van der Waals surface area contributed by atoms with E-state index in [0.717, 1.165) is 0 Å². The molecule has 0 atom stereocenters. The van der Waals surface area contributed by atoms with Gasteiger partial charge < -0.3 is 4.74 Å². The summed E-state index contributed by atoms with van der Waals surface area (Å²) in [4.78, 5) is 16.6. The van der Waals surface area contributed by atoms with E-state index in [1.54, 1.807) is 19.4 Å². The van der Waals surface area contributed by atoms with Gasteiger partial charge in [-0.15, -0.1) is 0 Å². The lowest BCUT2D eigenvalue weighted by atomic mass is 10.1. The van der Waals surface area contributed by atoms with Crippen molar-refractivity contribution >= 4 is 17.4 Å². The molecule has 0 fully saturated rings. The second-order valence-electron chi connectivity index (χ2n) is 3.42. The van der Waals surface area contributed by atoms with Gasteiger partial charge >= 0.3 is 6.09 Å². The molecule has 0 aliphatic rings. The molecule has 1 amide bonds. The van der Waals surface area contributed by atoms with Crippen LogP contribution in [0.2, 0.25) is 0 Å². The van der Waals surface area contributed by atoms with Crippen molar-refractivity contribution in [2.75, 3.05) is 7.05 Å². The van der Waals surface area contributed by atoms with Gasteiger partial charge in [0, 0.05) is 7.05 Å². The fourth-order valence-corrected chi connectivity index (χ4v) is 1.18. The van der Waals surface area contributed by atoms with Gasteiger partial charge in [-0.2, -0.15) is 5.26 Å². The van der Waals surface area contributed by atoms with Gasteiger partial charge in [-0.05, 0) is 13.8 Å². The molecule has 6 heteroatoms. The second-order valence-corrected chi connectivity index (χ2v) is 4.27. The number of hydrogen-bond donors (Lipinski definition) is 0. The molecular formula is C9H11N3O2S. The standard InChI is InChI=1S/C9H11N3O2S/c1-9(2,5-10)12(3)8(13)14-7-4-11-6-15-7/h4,6H,1-3H3. The van der Waals surface area contributed by atoms with Gasteiger partial charge in [0.2, 0.25) is 5.06 Å². The first kappa shape index (κ1) is 11.5. The Bertz CT molecular complexity index is 381. The van der Waals surface area contributed by atoms with Gasteiger partial charge in [0.25, 0.3) is 0 Å². The number of hydrogen-bond acceptors (Lipinski definition) is 5. The molecule has 0 saturated carbocycles. The summed E-state index contributed by atoms with van der Waals surface area (Å²) in [6.07, 6.45) is 0.890. The maximum absolute atomic E-state index is 11.5. The van der Waals surface area contributed by atoms with Crippen LogP contribution in [-0.4, -0.2) is 28.6 Å². The Kier molecular flexibility index (Phi) is 3.27. The molecule has 1 rings (SSSR count). The van der Waals surface area contributed by atoms with Crippen LogP contribution in [0.25, 0.3) is 0 Å². The van der Waals surface area contributed by atoms with E-state index in [1.807, 2.05) is 6.07 Å². The summed E-state index contributed by atoms with van der Waals surface area (Å²) in [5.41, 5.74) is 0.680. The van der Waals surface area contributed by atoms with E-state index in [0.29, 0.717) is 5.06 Å². The quantitative estimate of drug-likeness (QED) is 0.770. The van der Waals surface area contributed by atoms with E-state index in [2.05, 4.69) is 4.98 Å². The predicted molar refractivity (Wildman–Crippen MR) is 55.6 cm³/mol. The summed E-state index contributed by atoms with van der Waals surface area (Å²) in [6, 6.07) is 2.01. The van der Waals surface area contributed by atoms with Crippen LogP contribution in [0.4, 0.5) is 4.79 Å². The second kappa shape index (κ2) is 4.28. The van der Waals surface area contributed by atoms with Crippen LogP contribution in [0.5, 0.6) is 5.06 Å². The van der Waals surface area contributed by atoms with Gasteiger partial charge in [-0.25, -0.2) is 9.78 Å². The van der Waals surface area contributed by atoms with Crippen LogP contribution in [0.1, 0.15) is 13.8 Å². The highest BCUT2D eigenvalue weighted by atomic mass is 32.1. The van der Waals surface area contributed by atoms with Crippen molar-refractivity contribution in [2.45, 2.75) is 19.4 Å². The zero-order valence-corrected chi connectivity index (χ0v) is 9.54. The number of aromatic nitrogens is 1. The highest BCUT2D eigenvalue weighted by Gasteiger charge is 2.28. The van der Waals surface area contributed by atoms with Crippen molar-refractivity contribution in [2.24, 2.45) is 0 Å². The summed E-state index contributed by atoms with van der Waals surface area (Å²) in [5, 5.41) is 9.25. The molecule has 5 nitrogen and oxygen atoms in total. The van der Waals surface area contributed by atoms with Crippen molar-refractivity contribution in [1.82, 2.24) is 9.88 Å². The monoisotopic (exact) mass is 225 g/mol. The lowest BCUT2D eigenvalue weighted by Gasteiger charge is -2.27. The molecule has 0 aliphatic heterocycles. The molecule has 0 aliphatic carbocycles. The first-order valence-electron chi connectivity index (χ1n) is 4.23. The van der Waals surface area contributed by atoms with Gasteiger partial charge in [0.15, 0.2) is 0 Å². The lowest BCUT2D eigenvalue weighted by molar-refractivity contribution is 0.137. The minimum Gasteiger partial charge on any atom is -0.397 e. The first-order chi connectivity index (χ1) is 6.97. The molecule has 1 heterocycles. The van der Waals surface area contributed by atoms with E-state index < -0.39 is 11.6 Å². The molecule has 1 aromatic heterocycles. The minimum absolute atomic E-state index is 0.417. The van der Waals surface area contributed by atoms with Crippen molar-refractivity contribution in [3.63, 3.8) is 0 Å². The van der Waals surface area contributed by atoms with Crippen LogP contribution in [0, 0.1) is 11.3 Å². The normalized spacial score (nSPS) is 10.5. The van der Waals surface area contributed by atoms with Gasteiger partial charge in [-0.3, -0.25) is 4.90 Å². The molecule has 0 bridgehead atoms. The van der Waals surface area contributed by atoms with Crippen molar-refractivity contribution in [3.05, 3.63) is 11.7 Å². The zero-order chi connectivity index (χ0) is 11.5. The van der Waals surface area contributed by atoms with Gasteiger partial charge in [-0.1, -0.05) is 11.3 Å². The van der Waals surface area contributed by atoms with E-state index in [9.17, 15) is 4.79 Å². The number of nitriles is 1. The molecule has 15 heavy (non-hydrogen) atoms. The SMILES string of the molecule is CN(C(=O)Oc1cncs1)C(C)(C)C#N. The number of nitrogens with zero attached hydrogens (tertiary/aromatic N) is 3. The predicted octanol–water partition coefficient (Wildman–Crippen LogP) is 1.88. The zero-order valence-electron chi connectivity index (χ0n) is 8.72. The molecule has 80 valence electrons. The third-order valence-corrected chi connectivity index (χ3v) is 2.63. The van der Waals surface area contributed by atoms with Crippen LogP contribution < -0.4 is 4.74 Å². The fraction of sp³-hybridized carbons (Fsp3) is 0.444. The third-order valence-electron chi connectivity index (χ3n) is 1.98. The highest BCUT2D eigenvalue weighted by Crippen LogP contribution is 2.19. The Balaban J connectivity index is 2.67. The van der Waals surface area contributed by atoms with Gasteiger partial charge in [0.05, 0.1) is 17.8 Å². The molecule has 0 radical (unpaired) electrons. The third kappa shape index (κ3) is 2.67. The largest absolute Gasteiger partial charge is 0.417 e. The Hall–Kier alpha value is -1.61. The molecule has 0 N–H and O–H groups in total. The van der Waals surface area contributed by atoms with Crippen molar-refractivity contribution in [1.29, 1.82) is 5.26 Å². The maximum atomic E-state index is 11.5. The summed E-state index contributed by atoms with van der Waals surface area (Å²) >= 11 is 1.22. The van der Waals surface area contributed by atoms with Crippen LogP contribution in [0.3, 0.4) is 0 Å². The summed E-state index contributed by atoms with van der Waals surface area (Å²) in [7, 11) is 1.52. The molecule has 0 aromatic carbocycles. The summed E-state index contributed by atoms with van der Waals surface area (Å²) < 4.78 is 5.00. The average Bonchev–Trinajstić information content (AvgIpc) is 2.69.